The van der Waals surface area contributed by atoms with Gasteiger partial charge in [-0.05, 0) is 18.2 Å². The molecular weight excluding hydrogens is 392 g/mol. The average Bonchev–Trinajstić information content (AvgIpc) is 3.12. The van der Waals surface area contributed by atoms with Crippen molar-refractivity contribution in [2.24, 2.45) is 5.10 Å². The van der Waals surface area contributed by atoms with Crippen LogP contribution in [-0.4, -0.2) is 79.9 Å². The first-order chi connectivity index (χ1) is 13.9. The van der Waals surface area contributed by atoms with E-state index in [0.29, 0.717) is 0 Å². The zero-order valence-electron chi connectivity index (χ0n) is 15.3. The van der Waals surface area contributed by atoms with Gasteiger partial charge < -0.3 is 20.1 Å². The number of alkyl halides is 1. The summed E-state index contributed by atoms with van der Waals surface area (Å²) in [6, 6.07) is 4.16. The number of nitrogens with zero attached hydrogens (tertiary/aromatic N) is 4. The molecule has 2 heterocycles. The smallest absolute Gasteiger partial charge is 0.414 e. The van der Waals surface area contributed by atoms with Crippen molar-refractivity contribution in [1.82, 2.24) is 10.3 Å². The van der Waals surface area contributed by atoms with Gasteiger partial charge in [-0.2, -0.15) is 5.10 Å². The van der Waals surface area contributed by atoms with Gasteiger partial charge in [-0.25, -0.2) is 18.6 Å². The summed E-state index contributed by atoms with van der Waals surface area (Å²) in [7, 11) is 0. The summed E-state index contributed by atoms with van der Waals surface area (Å²) in [5, 5.41) is 16.1. The van der Waals surface area contributed by atoms with E-state index in [1.807, 2.05) is 0 Å². The maximum absolute atomic E-state index is 14.6. The number of hydrogen-bond donors (Lipinski definition) is 2. The number of carbonyl (C=O) groups is 3. The third-order valence-electron chi connectivity index (χ3n) is 4.38. The summed E-state index contributed by atoms with van der Waals surface area (Å²) >= 11 is 0. The molecule has 3 amide bonds. The number of anilines is 2. The molecule has 10 nitrogen and oxygen atoms in total. The van der Waals surface area contributed by atoms with Crippen molar-refractivity contribution in [2.75, 3.05) is 49.3 Å². The number of rotatable bonds is 6. The van der Waals surface area contributed by atoms with Crippen LogP contribution in [0.15, 0.2) is 23.3 Å². The van der Waals surface area contributed by atoms with Gasteiger partial charge in [0.2, 0.25) is 0 Å². The molecule has 0 aromatic heterocycles. The molecule has 3 rings (SSSR count). The van der Waals surface area contributed by atoms with E-state index < -0.39 is 43.1 Å². The van der Waals surface area contributed by atoms with E-state index in [1.54, 1.807) is 0 Å². The molecule has 0 radical (unpaired) electrons. The summed E-state index contributed by atoms with van der Waals surface area (Å²) in [5.74, 6) is -1.98. The highest BCUT2D eigenvalue weighted by Gasteiger charge is 2.33. The molecule has 1 aromatic carbocycles. The quantitative estimate of drug-likeness (QED) is 0.671. The SMILES string of the molecule is O=C(CF)NC[C@H]1CN(c2ccc(N3C=NN(C(=O)CO)CC3)c(F)c2)C(=O)O1. The summed E-state index contributed by atoms with van der Waals surface area (Å²) in [4.78, 5) is 37.1. The highest BCUT2D eigenvalue weighted by atomic mass is 19.1. The molecule has 156 valence electrons. The number of halogens is 2. The number of benzene rings is 1. The van der Waals surface area contributed by atoms with Gasteiger partial charge in [0.25, 0.3) is 11.8 Å². The molecule has 12 heteroatoms. The van der Waals surface area contributed by atoms with E-state index in [4.69, 9.17) is 9.84 Å². The van der Waals surface area contributed by atoms with E-state index in [-0.39, 0.29) is 37.6 Å². The van der Waals surface area contributed by atoms with Crippen LogP contribution in [-0.2, 0) is 14.3 Å². The van der Waals surface area contributed by atoms with Crippen LogP contribution in [0.25, 0.3) is 0 Å². The number of ether oxygens (including phenoxy) is 1. The lowest BCUT2D eigenvalue weighted by atomic mass is 10.2. The monoisotopic (exact) mass is 411 g/mol. The first-order valence-corrected chi connectivity index (χ1v) is 8.75. The Morgan fingerprint density at radius 3 is 2.76 bits per heavy atom. The van der Waals surface area contributed by atoms with Crippen molar-refractivity contribution < 1.29 is 33.0 Å². The molecule has 0 spiro atoms. The molecule has 0 bridgehead atoms. The lowest BCUT2D eigenvalue weighted by Gasteiger charge is -2.28. The van der Waals surface area contributed by atoms with Crippen molar-refractivity contribution in [2.45, 2.75) is 6.10 Å². The lowest BCUT2D eigenvalue weighted by Crippen LogP contribution is -2.42. The second-order valence-electron chi connectivity index (χ2n) is 6.29. The first-order valence-electron chi connectivity index (χ1n) is 8.75. The molecule has 1 saturated heterocycles. The number of aliphatic hydroxyl groups is 1. The van der Waals surface area contributed by atoms with E-state index in [1.165, 1.54) is 28.3 Å². The van der Waals surface area contributed by atoms with Crippen LogP contribution in [0, 0.1) is 5.82 Å². The van der Waals surface area contributed by atoms with Crippen molar-refractivity contribution in [3.63, 3.8) is 0 Å². The minimum atomic E-state index is -1.16. The van der Waals surface area contributed by atoms with Crippen LogP contribution in [0.2, 0.25) is 0 Å². The fraction of sp³-hybridized carbons (Fsp3) is 0.412. The number of nitrogens with one attached hydrogen (secondary N) is 1. The van der Waals surface area contributed by atoms with E-state index in [9.17, 15) is 23.2 Å². The molecule has 0 saturated carbocycles. The zero-order chi connectivity index (χ0) is 21.0. The van der Waals surface area contributed by atoms with E-state index in [0.717, 1.165) is 11.1 Å². The summed E-state index contributed by atoms with van der Waals surface area (Å²) in [6.07, 6.45) is -0.0950. The van der Waals surface area contributed by atoms with Crippen LogP contribution in [0.3, 0.4) is 0 Å². The Labute approximate surface area is 164 Å². The zero-order valence-corrected chi connectivity index (χ0v) is 15.3. The summed E-state index contributed by atoms with van der Waals surface area (Å²) in [5.41, 5.74) is 0.467. The summed E-state index contributed by atoms with van der Waals surface area (Å²) < 4.78 is 31.9. The van der Waals surface area contributed by atoms with Crippen molar-refractivity contribution in [1.29, 1.82) is 0 Å². The molecule has 0 aliphatic carbocycles. The third-order valence-corrected chi connectivity index (χ3v) is 4.38. The van der Waals surface area contributed by atoms with Crippen molar-refractivity contribution in [3.05, 3.63) is 24.0 Å². The Hall–Kier alpha value is -3.28. The Morgan fingerprint density at radius 2 is 2.14 bits per heavy atom. The average molecular weight is 411 g/mol. The fourth-order valence-corrected chi connectivity index (χ4v) is 2.91. The molecule has 2 aliphatic heterocycles. The largest absolute Gasteiger partial charge is 0.442 e. The van der Waals surface area contributed by atoms with Gasteiger partial charge >= 0.3 is 6.09 Å². The minimum Gasteiger partial charge on any atom is -0.442 e. The van der Waals surface area contributed by atoms with Gasteiger partial charge in [0.15, 0.2) is 6.67 Å². The number of cyclic esters (lactones) is 1. The number of hydrogen-bond acceptors (Lipinski definition) is 7. The molecule has 2 aliphatic rings. The highest BCUT2D eigenvalue weighted by molar-refractivity contribution is 5.91. The van der Waals surface area contributed by atoms with Crippen LogP contribution < -0.4 is 15.1 Å². The molecule has 1 aromatic rings. The molecular formula is C17H19F2N5O5. The molecule has 0 unspecified atom stereocenters. The third kappa shape index (κ3) is 4.59. The summed E-state index contributed by atoms with van der Waals surface area (Å²) in [6.45, 7) is -1.34. The lowest BCUT2D eigenvalue weighted by molar-refractivity contribution is -0.134. The van der Waals surface area contributed by atoms with Crippen molar-refractivity contribution >= 4 is 35.6 Å². The second-order valence-corrected chi connectivity index (χ2v) is 6.29. The van der Waals surface area contributed by atoms with Gasteiger partial charge in [-0.1, -0.05) is 0 Å². The van der Waals surface area contributed by atoms with Gasteiger partial charge in [-0.3, -0.25) is 14.5 Å². The topological polar surface area (TPSA) is 115 Å². The Bertz CT molecular complexity index is 836. The van der Waals surface area contributed by atoms with Gasteiger partial charge in [-0.15, -0.1) is 0 Å². The first kappa shape index (κ1) is 20.5. The Kier molecular flexibility index (Phi) is 6.22. The number of carbonyl (C=O) groups excluding carboxylic acids is 3. The predicted molar refractivity (Wildman–Crippen MR) is 97.6 cm³/mol. The van der Waals surface area contributed by atoms with Crippen LogP contribution in [0.5, 0.6) is 0 Å². The van der Waals surface area contributed by atoms with E-state index in [2.05, 4.69) is 10.4 Å². The minimum absolute atomic E-state index is 0.0428. The molecule has 2 N–H and O–H groups in total. The van der Waals surface area contributed by atoms with Gasteiger partial charge in [0, 0.05) is 6.54 Å². The van der Waals surface area contributed by atoms with Crippen molar-refractivity contribution in [3.8, 4) is 0 Å². The maximum atomic E-state index is 14.6. The number of hydrazone groups is 1. The van der Waals surface area contributed by atoms with Crippen LogP contribution >= 0.6 is 0 Å². The maximum Gasteiger partial charge on any atom is 0.414 e. The number of aliphatic hydroxyl groups excluding tert-OH is 1. The Morgan fingerprint density at radius 1 is 1.34 bits per heavy atom. The van der Waals surface area contributed by atoms with Crippen LogP contribution in [0.4, 0.5) is 25.0 Å². The van der Waals surface area contributed by atoms with E-state index >= 15 is 0 Å². The fourth-order valence-electron chi connectivity index (χ4n) is 2.91. The second kappa shape index (κ2) is 8.82. The molecule has 29 heavy (non-hydrogen) atoms. The van der Waals surface area contributed by atoms with Crippen LogP contribution in [0.1, 0.15) is 0 Å². The molecule has 1 atom stereocenters. The molecule has 1 fully saturated rings. The highest BCUT2D eigenvalue weighted by Crippen LogP contribution is 2.28. The Balaban J connectivity index is 1.66. The normalized spacial score (nSPS) is 18.8. The van der Waals surface area contributed by atoms with Gasteiger partial charge in [0.05, 0.1) is 31.0 Å². The number of amides is 3. The van der Waals surface area contributed by atoms with Gasteiger partial charge in [0.1, 0.15) is 24.9 Å². The standard InChI is InChI=1S/C17H19F2N5O5/c18-6-15(26)20-7-12-8-23(17(28)29-12)11-1-2-14(13(19)5-11)22-3-4-24(21-10-22)16(27)9-25/h1-2,5,10,12,25H,3-4,6-9H2,(H,20,26)/t12-/m0/s1. The predicted octanol–water partition coefficient (Wildman–Crippen LogP) is -0.179.